The minimum Gasteiger partial charge on any atom is -0.311 e. The molecule has 0 aliphatic rings. The maximum absolute atomic E-state index is 4.59. The SMILES string of the molecule is CNC(Cc1c(C)cccc1C)c1csc(C)n1. The Balaban J connectivity index is 2.26. The smallest absolute Gasteiger partial charge is 0.0898 e. The summed E-state index contributed by atoms with van der Waals surface area (Å²) >= 11 is 1.72. The molecule has 18 heavy (non-hydrogen) atoms. The topological polar surface area (TPSA) is 24.9 Å². The number of thiazole rings is 1. The molecular formula is C15H20N2S. The molecule has 2 aromatic rings. The van der Waals surface area contributed by atoms with Gasteiger partial charge in [-0.15, -0.1) is 11.3 Å². The van der Waals surface area contributed by atoms with E-state index in [1.165, 1.54) is 16.7 Å². The maximum Gasteiger partial charge on any atom is 0.0898 e. The zero-order valence-corrected chi connectivity index (χ0v) is 12.3. The van der Waals surface area contributed by atoms with Crippen LogP contribution in [0.5, 0.6) is 0 Å². The minimum absolute atomic E-state index is 0.301. The average molecular weight is 260 g/mol. The van der Waals surface area contributed by atoms with E-state index in [2.05, 4.69) is 54.7 Å². The highest BCUT2D eigenvalue weighted by Gasteiger charge is 2.15. The first-order valence-electron chi connectivity index (χ1n) is 6.26. The van der Waals surface area contributed by atoms with E-state index in [0.29, 0.717) is 6.04 Å². The minimum atomic E-state index is 0.301. The Kier molecular flexibility index (Phi) is 4.15. The average Bonchev–Trinajstić information content (AvgIpc) is 2.76. The quantitative estimate of drug-likeness (QED) is 0.909. The van der Waals surface area contributed by atoms with E-state index in [1.807, 2.05) is 7.05 Å². The van der Waals surface area contributed by atoms with Crippen molar-refractivity contribution >= 4 is 11.3 Å². The Morgan fingerprint density at radius 1 is 1.22 bits per heavy atom. The Bertz CT molecular complexity index is 511. The van der Waals surface area contributed by atoms with Crippen molar-refractivity contribution in [2.45, 2.75) is 33.2 Å². The molecule has 96 valence electrons. The van der Waals surface area contributed by atoms with E-state index >= 15 is 0 Å². The van der Waals surface area contributed by atoms with Gasteiger partial charge in [-0.1, -0.05) is 18.2 Å². The fourth-order valence-corrected chi connectivity index (χ4v) is 2.94. The highest BCUT2D eigenvalue weighted by Crippen LogP contribution is 2.23. The second-order valence-electron chi connectivity index (χ2n) is 4.71. The van der Waals surface area contributed by atoms with E-state index in [0.717, 1.165) is 17.1 Å². The van der Waals surface area contributed by atoms with Crippen LogP contribution in [0.2, 0.25) is 0 Å². The van der Waals surface area contributed by atoms with Crippen LogP contribution < -0.4 is 5.32 Å². The van der Waals surface area contributed by atoms with Crippen LogP contribution in [0.25, 0.3) is 0 Å². The van der Waals surface area contributed by atoms with Gasteiger partial charge in [0.05, 0.1) is 16.7 Å². The molecule has 0 fully saturated rings. The monoisotopic (exact) mass is 260 g/mol. The summed E-state index contributed by atoms with van der Waals surface area (Å²) in [6.45, 7) is 6.42. The zero-order valence-electron chi connectivity index (χ0n) is 11.4. The lowest BCUT2D eigenvalue weighted by Crippen LogP contribution is -2.20. The van der Waals surface area contributed by atoms with Crippen LogP contribution in [0.1, 0.15) is 33.4 Å². The van der Waals surface area contributed by atoms with E-state index in [1.54, 1.807) is 11.3 Å². The summed E-state index contributed by atoms with van der Waals surface area (Å²) in [5, 5.41) is 6.67. The Hall–Kier alpha value is -1.19. The van der Waals surface area contributed by atoms with E-state index in [4.69, 9.17) is 0 Å². The van der Waals surface area contributed by atoms with Gasteiger partial charge in [0, 0.05) is 5.38 Å². The molecule has 0 saturated heterocycles. The lowest BCUT2D eigenvalue weighted by molar-refractivity contribution is 0.575. The van der Waals surface area contributed by atoms with Crippen LogP contribution in [-0.4, -0.2) is 12.0 Å². The van der Waals surface area contributed by atoms with Crippen molar-refractivity contribution in [3.63, 3.8) is 0 Å². The molecule has 1 aromatic carbocycles. The molecule has 0 spiro atoms. The number of aromatic nitrogens is 1. The zero-order chi connectivity index (χ0) is 13.1. The molecule has 1 atom stereocenters. The summed E-state index contributed by atoms with van der Waals surface area (Å²) in [5.41, 5.74) is 5.31. The van der Waals surface area contributed by atoms with Gasteiger partial charge in [-0.05, 0) is 50.9 Å². The highest BCUT2D eigenvalue weighted by molar-refractivity contribution is 7.09. The maximum atomic E-state index is 4.59. The van der Waals surface area contributed by atoms with E-state index in [-0.39, 0.29) is 0 Å². The molecule has 1 N–H and O–H groups in total. The molecular weight excluding hydrogens is 240 g/mol. The molecule has 3 heteroatoms. The normalized spacial score (nSPS) is 12.7. The molecule has 0 amide bonds. The van der Waals surface area contributed by atoms with Crippen molar-refractivity contribution < 1.29 is 0 Å². The van der Waals surface area contributed by atoms with Gasteiger partial charge in [-0.25, -0.2) is 4.98 Å². The van der Waals surface area contributed by atoms with Crippen LogP contribution in [0, 0.1) is 20.8 Å². The number of hydrogen-bond acceptors (Lipinski definition) is 3. The largest absolute Gasteiger partial charge is 0.311 e. The standard InChI is InChI=1S/C15H20N2S/c1-10-6-5-7-11(2)13(10)8-14(16-4)15-9-18-12(3)17-15/h5-7,9,14,16H,8H2,1-4H3. The second kappa shape index (κ2) is 5.63. The van der Waals surface area contributed by atoms with Gasteiger partial charge in [0.2, 0.25) is 0 Å². The summed E-state index contributed by atoms with van der Waals surface area (Å²) in [6, 6.07) is 6.79. The van der Waals surface area contributed by atoms with Crippen LogP contribution in [0.15, 0.2) is 23.6 Å². The number of nitrogens with zero attached hydrogens (tertiary/aromatic N) is 1. The summed E-state index contributed by atoms with van der Waals surface area (Å²) in [5.74, 6) is 0. The van der Waals surface area contributed by atoms with Gasteiger partial charge >= 0.3 is 0 Å². The molecule has 1 unspecified atom stereocenters. The summed E-state index contributed by atoms with van der Waals surface area (Å²) in [4.78, 5) is 4.59. The van der Waals surface area contributed by atoms with Gasteiger partial charge in [-0.2, -0.15) is 0 Å². The molecule has 1 aromatic heterocycles. The molecule has 2 rings (SSSR count). The number of likely N-dealkylation sites (N-methyl/N-ethyl adjacent to an activating group) is 1. The van der Waals surface area contributed by atoms with Gasteiger partial charge < -0.3 is 5.32 Å². The second-order valence-corrected chi connectivity index (χ2v) is 5.77. The first kappa shape index (κ1) is 13.2. The van der Waals surface area contributed by atoms with Gasteiger partial charge in [0.1, 0.15) is 0 Å². The third-order valence-corrected chi connectivity index (χ3v) is 4.19. The molecule has 0 aliphatic heterocycles. The van der Waals surface area contributed by atoms with E-state index < -0.39 is 0 Å². The van der Waals surface area contributed by atoms with Crippen molar-refractivity contribution in [2.75, 3.05) is 7.05 Å². The predicted molar refractivity (Wildman–Crippen MR) is 78.3 cm³/mol. The highest BCUT2D eigenvalue weighted by atomic mass is 32.1. The number of nitrogens with one attached hydrogen (secondary N) is 1. The molecule has 2 nitrogen and oxygen atoms in total. The predicted octanol–water partition coefficient (Wildman–Crippen LogP) is 3.57. The van der Waals surface area contributed by atoms with Gasteiger partial charge in [-0.3, -0.25) is 0 Å². The summed E-state index contributed by atoms with van der Waals surface area (Å²) < 4.78 is 0. The van der Waals surface area contributed by atoms with Gasteiger partial charge in [0.25, 0.3) is 0 Å². The Labute approximate surface area is 113 Å². The third kappa shape index (κ3) is 2.79. The van der Waals surface area contributed by atoms with Crippen LogP contribution in [0.4, 0.5) is 0 Å². The number of hydrogen-bond donors (Lipinski definition) is 1. The van der Waals surface area contributed by atoms with Crippen LogP contribution >= 0.6 is 11.3 Å². The first-order valence-corrected chi connectivity index (χ1v) is 7.14. The number of benzene rings is 1. The fraction of sp³-hybridized carbons (Fsp3) is 0.400. The lowest BCUT2D eigenvalue weighted by Gasteiger charge is -2.17. The Morgan fingerprint density at radius 2 is 1.89 bits per heavy atom. The van der Waals surface area contributed by atoms with E-state index in [9.17, 15) is 0 Å². The number of rotatable bonds is 4. The molecule has 0 aliphatic carbocycles. The Morgan fingerprint density at radius 3 is 2.39 bits per heavy atom. The van der Waals surface area contributed by atoms with Crippen molar-refractivity contribution in [3.05, 3.63) is 51.0 Å². The fourth-order valence-electron chi connectivity index (χ4n) is 2.27. The van der Waals surface area contributed by atoms with Crippen molar-refractivity contribution in [3.8, 4) is 0 Å². The summed E-state index contributed by atoms with van der Waals surface area (Å²) in [6.07, 6.45) is 0.998. The lowest BCUT2D eigenvalue weighted by atomic mass is 9.95. The van der Waals surface area contributed by atoms with Crippen molar-refractivity contribution in [1.29, 1.82) is 0 Å². The van der Waals surface area contributed by atoms with Crippen LogP contribution in [-0.2, 0) is 6.42 Å². The summed E-state index contributed by atoms with van der Waals surface area (Å²) in [7, 11) is 2.01. The van der Waals surface area contributed by atoms with Crippen molar-refractivity contribution in [2.24, 2.45) is 0 Å². The third-order valence-electron chi connectivity index (χ3n) is 3.39. The molecule has 0 saturated carbocycles. The molecule has 0 bridgehead atoms. The number of aryl methyl sites for hydroxylation is 3. The molecule has 0 radical (unpaired) electrons. The molecule has 1 heterocycles. The van der Waals surface area contributed by atoms with Gasteiger partial charge in [0.15, 0.2) is 0 Å². The first-order chi connectivity index (χ1) is 8.61. The van der Waals surface area contributed by atoms with Crippen molar-refractivity contribution in [1.82, 2.24) is 10.3 Å². The van der Waals surface area contributed by atoms with Crippen LogP contribution in [0.3, 0.4) is 0 Å².